The summed E-state index contributed by atoms with van der Waals surface area (Å²) in [6, 6.07) is 0.546. The Balaban J connectivity index is 1.77. The van der Waals surface area contributed by atoms with Gasteiger partial charge in [0.15, 0.2) is 0 Å². The minimum Gasteiger partial charge on any atom is -0.314 e. The van der Waals surface area contributed by atoms with Crippen molar-refractivity contribution in [1.29, 1.82) is 0 Å². The minimum atomic E-state index is -3.11. The summed E-state index contributed by atoms with van der Waals surface area (Å²) in [5, 5.41) is 3.87. The molecule has 2 fully saturated rings. The third-order valence-corrected chi connectivity index (χ3v) is 6.84. The van der Waals surface area contributed by atoms with Crippen LogP contribution in [0.4, 0.5) is 0 Å². The standard InChI is InChI=1S/C13H26N2O2S2/c1-18-13-7-4-6-12(13)15-19(16,17)10-8-11-5-2-3-9-14-11/h11-15H,2-10H2,1H3. The number of hydrogen-bond acceptors (Lipinski definition) is 4. The Morgan fingerprint density at radius 2 is 2.05 bits per heavy atom. The van der Waals surface area contributed by atoms with Gasteiger partial charge in [-0.15, -0.1) is 0 Å². The van der Waals surface area contributed by atoms with Gasteiger partial charge in [-0.05, 0) is 44.9 Å². The maximum atomic E-state index is 12.1. The molecule has 2 rings (SSSR count). The summed E-state index contributed by atoms with van der Waals surface area (Å²) in [6.45, 7) is 1.04. The molecule has 1 aliphatic carbocycles. The normalized spacial score (nSPS) is 32.6. The van der Waals surface area contributed by atoms with Crippen molar-refractivity contribution in [3.05, 3.63) is 0 Å². The van der Waals surface area contributed by atoms with Crippen LogP contribution in [-0.4, -0.2) is 44.3 Å². The molecule has 19 heavy (non-hydrogen) atoms. The van der Waals surface area contributed by atoms with Crippen molar-refractivity contribution < 1.29 is 8.42 Å². The maximum absolute atomic E-state index is 12.1. The molecule has 3 atom stereocenters. The number of thioether (sulfide) groups is 1. The van der Waals surface area contributed by atoms with E-state index in [0.29, 0.717) is 11.3 Å². The average molecular weight is 306 g/mol. The van der Waals surface area contributed by atoms with Crippen molar-refractivity contribution in [1.82, 2.24) is 10.0 Å². The molecule has 0 amide bonds. The molecule has 1 heterocycles. The molecule has 0 aromatic carbocycles. The molecule has 1 saturated heterocycles. The largest absolute Gasteiger partial charge is 0.314 e. The molecule has 2 N–H and O–H groups in total. The van der Waals surface area contributed by atoms with Crippen molar-refractivity contribution in [2.75, 3.05) is 18.6 Å². The smallest absolute Gasteiger partial charge is 0.211 e. The molecule has 1 saturated carbocycles. The van der Waals surface area contributed by atoms with Gasteiger partial charge >= 0.3 is 0 Å². The molecule has 0 bridgehead atoms. The molecule has 3 unspecified atom stereocenters. The molecule has 0 spiro atoms. The molecule has 2 aliphatic rings. The first kappa shape index (κ1) is 15.6. The van der Waals surface area contributed by atoms with Crippen molar-refractivity contribution in [2.24, 2.45) is 0 Å². The molecule has 6 heteroatoms. The van der Waals surface area contributed by atoms with Crippen LogP contribution in [-0.2, 0) is 10.0 Å². The Labute approximate surface area is 121 Å². The average Bonchev–Trinajstić information content (AvgIpc) is 2.84. The Hall–Kier alpha value is 0.220. The van der Waals surface area contributed by atoms with E-state index >= 15 is 0 Å². The lowest BCUT2D eigenvalue weighted by Gasteiger charge is -2.24. The van der Waals surface area contributed by atoms with Crippen molar-refractivity contribution >= 4 is 21.8 Å². The van der Waals surface area contributed by atoms with Crippen LogP contribution in [0.5, 0.6) is 0 Å². The predicted octanol–water partition coefficient (Wildman–Crippen LogP) is 1.72. The van der Waals surface area contributed by atoms with Crippen LogP contribution in [0, 0.1) is 0 Å². The summed E-state index contributed by atoms with van der Waals surface area (Å²) in [5.41, 5.74) is 0. The topological polar surface area (TPSA) is 58.2 Å². The van der Waals surface area contributed by atoms with Crippen LogP contribution in [0.15, 0.2) is 0 Å². The minimum absolute atomic E-state index is 0.152. The first-order chi connectivity index (χ1) is 9.11. The van der Waals surface area contributed by atoms with Crippen LogP contribution < -0.4 is 10.0 Å². The molecule has 0 aromatic heterocycles. The molecule has 112 valence electrons. The zero-order chi connectivity index (χ0) is 13.7. The number of piperidine rings is 1. The van der Waals surface area contributed by atoms with E-state index in [1.807, 2.05) is 0 Å². The highest BCUT2D eigenvalue weighted by Crippen LogP contribution is 2.28. The van der Waals surface area contributed by atoms with Crippen molar-refractivity contribution in [3.8, 4) is 0 Å². The molecule has 1 aliphatic heterocycles. The summed E-state index contributed by atoms with van der Waals surface area (Å²) >= 11 is 1.79. The van der Waals surface area contributed by atoms with Crippen LogP contribution in [0.3, 0.4) is 0 Å². The quantitative estimate of drug-likeness (QED) is 0.784. The van der Waals surface area contributed by atoms with E-state index in [-0.39, 0.29) is 11.8 Å². The summed E-state index contributed by atoms with van der Waals surface area (Å²) in [4.78, 5) is 0. The van der Waals surface area contributed by atoms with Crippen LogP contribution >= 0.6 is 11.8 Å². The lowest BCUT2D eigenvalue weighted by molar-refractivity contribution is 0.392. The highest BCUT2D eigenvalue weighted by Gasteiger charge is 2.30. The van der Waals surface area contributed by atoms with Crippen molar-refractivity contribution in [3.63, 3.8) is 0 Å². The van der Waals surface area contributed by atoms with Gasteiger partial charge < -0.3 is 5.32 Å². The SMILES string of the molecule is CSC1CCCC1NS(=O)(=O)CCC1CCCCN1. The lowest BCUT2D eigenvalue weighted by atomic mass is 10.0. The molecule has 4 nitrogen and oxygen atoms in total. The molecular formula is C13H26N2O2S2. The Kier molecular flexibility index (Phi) is 5.99. The van der Waals surface area contributed by atoms with Gasteiger partial charge in [0.05, 0.1) is 5.75 Å². The predicted molar refractivity (Wildman–Crippen MR) is 82.1 cm³/mol. The summed E-state index contributed by atoms with van der Waals surface area (Å²) < 4.78 is 27.2. The number of sulfonamides is 1. The van der Waals surface area contributed by atoms with E-state index < -0.39 is 10.0 Å². The summed E-state index contributed by atoms with van der Waals surface area (Å²) in [7, 11) is -3.11. The van der Waals surface area contributed by atoms with Gasteiger partial charge in [0, 0.05) is 17.3 Å². The fourth-order valence-electron chi connectivity index (χ4n) is 3.10. The maximum Gasteiger partial charge on any atom is 0.211 e. The van der Waals surface area contributed by atoms with Gasteiger partial charge in [0.2, 0.25) is 10.0 Å². The van der Waals surface area contributed by atoms with Crippen LogP contribution in [0.2, 0.25) is 0 Å². The first-order valence-electron chi connectivity index (χ1n) is 7.37. The van der Waals surface area contributed by atoms with E-state index in [1.165, 1.54) is 12.8 Å². The van der Waals surface area contributed by atoms with E-state index in [2.05, 4.69) is 16.3 Å². The summed E-state index contributed by atoms with van der Waals surface area (Å²) in [5.74, 6) is 0.266. The van der Waals surface area contributed by atoms with E-state index in [9.17, 15) is 8.42 Å². The van der Waals surface area contributed by atoms with Gasteiger partial charge in [-0.1, -0.05) is 12.8 Å². The van der Waals surface area contributed by atoms with Crippen LogP contribution in [0.1, 0.15) is 44.9 Å². The number of nitrogens with one attached hydrogen (secondary N) is 2. The lowest BCUT2D eigenvalue weighted by Crippen LogP contribution is -2.42. The molecule has 0 radical (unpaired) electrons. The Bertz CT molecular complexity index is 367. The first-order valence-corrected chi connectivity index (χ1v) is 10.3. The highest BCUT2D eigenvalue weighted by molar-refractivity contribution is 7.99. The van der Waals surface area contributed by atoms with E-state index in [4.69, 9.17) is 0 Å². The zero-order valence-corrected chi connectivity index (χ0v) is 13.4. The fourth-order valence-corrected chi connectivity index (χ4v) is 5.58. The second-order valence-electron chi connectivity index (χ2n) is 5.68. The Morgan fingerprint density at radius 1 is 1.21 bits per heavy atom. The third kappa shape index (κ3) is 4.92. The van der Waals surface area contributed by atoms with Gasteiger partial charge in [-0.3, -0.25) is 0 Å². The zero-order valence-electron chi connectivity index (χ0n) is 11.7. The molecular weight excluding hydrogens is 280 g/mol. The van der Waals surface area contributed by atoms with Gasteiger partial charge in [0.25, 0.3) is 0 Å². The third-order valence-electron chi connectivity index (χ3n) is 4.23. The number of rotatable bonds is 6. The number of hydrogen-bond donors (Lipinski definition) is 2. The van der Waals surface area contributed by atoms with Gasteiger partial charge in [-0.25, -0.2) is 13.1 Å². The highest BCUT2D eigenvalue weighted by atomic mass is 32.2. The second kappa shape index (κ2) is 7.29. The van der Waals surface area contributed by atoms with Crippen LogP contribution in [0.25, 0.3) is 0 Å². The monoisotopic (exact) mass is 306 g/mol. The second-order valence-corrected chi connectivity index (χ2v) is 8.63. The summed E-state index contributed by atoms with van der Waals surface area (Å²) in [6.07, 6.45) is 9.65. The molecule has 0 aromatic rings. The van der Waals surface area contributed by atoms with Crippen molar-refractivity contribution in [2.45, 2.75) is 62.3 Å². The Morgan fingerprint density at radius 3 is 2.74 bits per heavy atom. The van der Waals surface area contributed by atoms with Gasteiger partial charge in [-0.2, -0.15) is 11.8 Å². The van der Waals surface area contributed by atoms with Gasteiger partial charge in [0.1, 0.15) is 0 Å². The van der Waals surface area contributed by atoms with E-state index in [0.717, 1.165) is 38.6 Å². The fraction of sp³-hybridized carbons (Fsp3) is 1.00. The van der Waals surface area contributed by atoms with E-state index in [1.54, 1.807) is 11.8 Å².